The van der Waals surface area contributed by atoms with Gasteiger partial charge in [-0.15, -0.1) is 6.58 Å². The zero-order chi connectivity index (χ0) is 25.3. The number of carbonyl (C=O) groups excluding carboxylic acids is 1. The molecule has 0 bridgehead atoms. The minimum atomic E-state index is -3.61. The number of rotatable bonds is 6. The van der Waals surface area contributed by atoms with Crippen LogP contribution >= 0.6 is 0 Å². The number of hydrogen-bond acceptors (Lipinski definition) is 6. The van der Waals surface area contributed by atoms with Crippen molar-refractivity contribution < 1.29 is 27.4 Å². The van der Waals surface area contributed by atoms with E-state index in [2.05, 4.69) is 6.58 Å². The maximum absolute atomic E-state index is 13.0. The first kappa shape index (κ1) is 26.4. The molecule has 0 aliphatic carbocycles. The molecule has 2 fully saturated rings. The molecule has 0 aromatic heterocycles. The molecule has 0 radical (unpaired) electrons. The Kier molecular flexibility index (Phi) is 7.65. The van der Waals surface area contributed by atoms with Crippen molar-refractivity contribution in [3.8, 4) is 0 Å². The lowest BCUT2D eigenvalue weighted by atomic mass is 9.92. The standard InChI is InChI=1S/C26H37NO6S/c1-8-12-22-21(17-34(29,30)20-13-10-9-11-14-20)18(2)23(31-22)15-19-16-27(26(6,7)32-19)24(28)33-25(3,4)5/h8-11,13-14,17-19,22-23H,1,12,15-16H2,2-7H3/t18-,19+,22+,23-/m1/s1. The highest BCUT2D eigenvalue weighted by Crippen LogP contribution is 2.39. The lowest BCUT2D eigenvalue weighted by Gasteiger charge is -2.31. The van der Waals surface area contributed by atoms with Gasteiger partial charge in [0.1, 0.15) is 11.3 Å². The Bertz CT molecular complexity index is 1030. The predicted molar refractivity (Wildman–Crippen MR) is 131 cm³/mol. The van der Waals surface area contributed by atoms with Crippen molar-refractivity contribution in [1.29, 1.82) is 0 Å². The van der Waals surface area contributed by atoms with Gasteiger partial charge < -0.3 is 14.2 Å². The Morgan fingerprint density at radius 3 is 2.50 bits per heavy atom. The third-order valence-corrected chi connectivity index (χ3v) is 7.65. The summed E-state index contributed by atoms with van der Waals surface area (Å²) in [6, 6.07) is 8.38. The summed E-state index contributed by atoms with van der Waals surface area (Å²) in [6.07, 6.45) is 1.48. The van der Waals surface area contributed by atoms with Crippen LogP contribution in [-0.2, 0) is 24.0 Å². The van der Waals surface area contributed by atoms with E-state index in [0.29, 0.717) is 19.4 Å². The molecule has 2 aliphatic rings. The lowest BCUT2D eigenvalue weighted by molar-refractivity contribution is -0.0892. The number of sulfone groups is 1. The van der Waals surface area contributed by atoms with Gasteiger partial charge in [-0.2, -0.15) is 0 Å². The van der Waals surface area contributed by atoms with Gasteiger partial charge in [-0.1, -0.05) is 31.2 Å². The molecule has 1 amide bonds. The summed E-state index contributed by atoms with van der Waals surface area (Å²) in [7, 11) is -3.61. The van der Waals surface area contributed by atoms with Gasteiger partial charge in [0, 0.05) is 17.7 Å². The number of carbonyl (C=O) groups is 1. The van der Waals surface area contributed by atoms with Crippen LogP contribution in [-0.4, -0.2) is 55.6 Å². The van der Waals surface area contributed by atoms with E-state index in [1.54, 1.807) is 41.3 Å². The van der Waals surface area contributed by atoms with Crippen molar-refractivity contribution in [2.75, 3.05) is 6.54 Å². The van der Waals surface area contributed by atoms with E-state index >= 15 is 0 Å². The smallest absolute Gasteiger partial charge is 0.412 e. The van der Waals surface area contributed by atoms with Gasteiger partial charge in [0.2, 0.25) is 0 Å². The Hall–Kier alpha value is -2.16. The second-order valence-corrected chi connectivity index (χ2v) is 12.3. The molecule has 0 unspecified atom stereocenters. The molecule has 3 rings (SSSR count). The summed E-state index contributed by atoms with van der Waals surface area (Å²) in [6.45, 7) is 15.3. The van der Waals surface area contributed by atoms with Gasteiger partial charge >= 0.3 is 6.09 Å². The summed E-state index contributed by atoms with van der Waals surface area (Å²) in [5.41, 5.74) is -0.684. The fourth-order valence-corrected chi connectivity index (χ4v) is 5.88. The molecule has 2 aliphatic heterocycles. The van der Waals surface area contributed by atoms with Crippen molar-refractivity contribution in [1.82, 2.24) is 4.90 Å². The van der Waals surface area contributed by atoms with Crippen LogP contribution in [0.3, 0.4) is 0 Å². The molecule has 188 valence electrons. The Morgan fingerprint density at radius 1 is 1.26 bits per heavy atom. The van der Waals surface area contributed by atoms with Crippen molar-refractivity contribution in [2.45, 2.75) is 88.9 Å². The van der Waals surface area contributed by atoms with Crippen molar-refractivity contribution in [3.05, 3.63) is 54.0 Å². The molecule has 0 saturated carbocycles. The topological polar surface area (TPSA) is 82.1 Å². The zero-order valence-electron chi connectivity index (χ0n) is 21.0. The van der Waals surface area contributed by atoms with Crippen LogP contribution in [0.15, 0.2) is 58.9 Å². The van der Waals surface area contributed by atoms with E-state index in [-0.39, 0.29) is 29.1 Å². The number of hydrogen-bond donors (Lipinski definition) is 0. The molecule has 2 heterocycles. The van der Waals surface area contributed by atoms with E-state index in [9.17, 15) is 13.2 Å². The van der Waals surface area contributed by atoms with Crippen molar-refractivity contribution >= 4 is 15.9 Å². The monoisotopic (exact) mass is 491 g/mol. The Balaban J connectivity index is 1.77. The van der Waals surface area contributed by atoms with E-state index in [1.807, 2.05) is 41.5 Å². The van der Waals surface area contributed by atoms with Gasteiger partial charge in [-0.3, -0.25) is 4.90 Å². The molecule has 4 atom stereocenters. The quantitative estimate of drug-likeness (QED) is 0.516. The van der Waals surface area contributed by atoms with Crippen LogP contribution in [0.5, 0.6) is 0 Å². The SMILES string of the molecule is C=CC[C@@H]1O[C@H](C[C@H]2CN(C(=O)OC(C)(C)C)C(C)(C)O2)[C@H](C)C1=CS(=O)(=O)c1ccccc1. The summed E-state index contributed by atoms with van der Waals surface area (Å²) >= 11 is 0. The zero-order valence-corrected chi connectivity index (χ0v) is 21.8. The molecule has 1 aromatic rings. The second kappa shape index (κ2) is 9.84. The average Bonchev–Trinajstić information content (AvgIpc) is 3.18. The summed E-state index contributed by atoms with van der Waals surface area (Å²) in [4.78, 5) is 14.6. The highest BCUT2D eigenvalue weighted by Gasteiger charge is 2.47. The number of amides is 1. The van der Waals surface area contributed by atoms with Gasteiger partial charge in [-0.25, -0.2) is 13.2 Å². The highest BCUT2D eigenvalue weighted by molar-refractivity contribution is 7.94. The van der Waals surface area contributed by atoms with E-state index in [1.165, 1.54) is 5.41 Å². The molecule has 0 spiro atoms. The molecule has 8 heteroatoms. The van der Waals surface area contributed by atoms with E-state index in [0.717, 1.165) is 5.57 Å². The lowest BCUT2D eigenvalue weighted by Crippen LogP contribution is -2.46. The number of nitrogens with zero attached hydrogens (tertiary/aromatic N) is 1. The highest BCUT2D eigenvalue weighted by atomic mass is 32.2. The van der Waals surface area contributed by atoms with Gasteiger partial charge in [0.05, 0.1) is 29.8 Å². The first-order chi connectivity index (χ1) is 15.7. The maximum Gasteiger partial charge on any atom is 0.412 e. The second-order valence-electron chi connectivity index (χ2n) is 10.5. The van der Waals surface area contributed by atoms with Crippen molar-refractivity contribution in [2.24, 2.45) is 5.92 Å². The largest absolute Gasteiger partial charge is 0.444 e. The average molecular weight is 492 g/mol. The van der Waals surface area contributed by atoms with Gasteiger partial charge in [0.25, 0.3) is 0 Å². The first-order valence-electron chi connectivity index (χ1n) is 11.7. The fraction of sp³-hybridized carbons (Fsp3) is 0.577. The number of benzene rings is 1. The maximum atomic E-state index is 13.0. The van der Waals surface area contributed by atoms with Crippen LogP contribution < -0.4 is 0 Å². The van der Waals surface area contributed by atoms with Gasteiger partial charge in [-0.05, 0) is 58.7 Å². The Labute approximate surface area is 203 Å². The minimum absolute atomic E-state index is 0.134. The molecular weight excluding hydrogens is 454 g/mol. The minimum Gasteiger partial charge on any atom is -0.444 e. The normalized spacial score (nSPS) is 28.3. The Morgan fingerprint density at radius 2 is 1.91 bits per heavy atom. The molecule has 2 saturated heterocycles. The molecule has 0 N–H and O–H groups in total. The van der Waals surface area contributed by atoms with Crippen LogP contribution in [0.4, 0.5) is 4.79 Å². The van der Waals surface area contributed by atoms with Crippen molar-refractivity contribution in [3.63, 3.8) is 0 Å². The number of ether oxygens (including phenoxy) is 3. The molecule has 1 aromatic carbocycles. The van der Waals surface area contributed by atoms with Crippen LogP contribution in [0, 0.1) is 5.92 Å². The molecular formula is C26H37NO6S. The summed E-state index contributed by atoms with van der Waals surface area (Å²) < 4.78 is 44.1. The van der Waals surface area contributed by atoms with E-state index < -0.39 is 27.3 Å². The first-order valence-corrected chi connectivity index (χ1v) is 13.2. The van der Waals surface area contributed by atoms with Crippen LogP contribution in [0.1, 0.15) is 54.4 Å². The van der Waals surface area contributed by atoms with Crippen LogP contribution in [0.25, 0.3) is 0 Å². The van der Waals surface area contributed by atoms with Gasteiger partial charge in [0.15, 0.2) is 9.84 Å². The molecule has 34 heavy (non-hydrogen) atoms. The predicted octanol–water partition coefficient (Wildman–Crippen LogP) is 5.09. The van der Waals surface area contributed by atoms with E-state index in [4.69, 9.17) is 14.2 Å². The van der Waals surface area contributed by atoms with Crippen LogP contribution in [0.2, 0.25) is 0 Å². The summed E-state index contributed by atoms with van der Waals surface area (Å²) in [5, 5.41) is 1.35. The third kappa shape index (κ3) is 6.09. The summed E-state index contributed by atoms with van der Waals surface area (Å²) in [5.74, 6) is -0.134. The molecule has 7 nitrogen and oxygen atoms in total. The fourth-order valence-electron chi connectivity index (χ4n) is 4.48. The third-order valence-electron chi connectivity index (χ3n) is 6.14.